The van der Waals surface area contributed by atoms with Gasteiger partial charge in [0.15, 0.2) is 0 Å². The van der Waals surface area contributed by atoms with Crippen molar-refractivity contribution in [2.45, 2.75) is 52.4 Å². The van der Waals surface area contributed by atoms with Crippen molar-refractivity contribution in [2.75, 3.05) is 0 Å². The lowest BCUT2D eigenvalue weighted by atomic mass is 10.1. The van der Waals surface area contributed by atoms with E-state index in [0.29, 0.717) is 0 Å². The highest BCUT2D eigenvalue weighted by Crippen LogP contribution is 2.07. The Hall–Kier alpha value is -0.460. The summed E-state index contributed by atoms with van der Waals surface area (Å²) in [5, 5.41) is 0. The molecule has 0 amide bonds. The van der Waals surface area contributed by atoms with Gasteiger partial charge in [0.05, 0.1) is 0 Å². The summed E-state index contributed by atoms with van der Waals surface area (Å²) in [5.41, 5.74) is 6.69. The topological polar surface area (TPSA) is 26.0 Å². The molecule has 11 heavy (non-hydrogen) atoms. The summed E-state index contributed by atoms with van der Waals surface area (Å²) in [7, 11) is 0. The largest absolute Gasteiger partial charge is 0.402 e. The van der Waals surface area contributed by atoms with Crippen LogP contribution < -0.4 is 5.73 Å². The van der Waals surface area contributed by atoms with Gasteiger partial charge in [-0.2, -0.15) is 0 Å². The van der Waals surface area contributed by atoms with E-state index in [1.807, 2.05) is 13.0 Å². The van der Waals surface area contributed by atoms with E-state index in [-0.39, 0.29) is 0 Å². The molecule has 0 fully saturated rings. The zero-order valence-corrected chi connectivity index (χ0v) is 7.90. The summed E-state index contributed by atoms with van der Waals surface area (Å²) in [6.45, 7) is 4.24. The smallest absolute Gasteiger partial charge is 0.00371 e. The molecule has 0 heterocycles. The van der Waals surface area contributed by atoms with Gasteiger partial charge in [-0.1, -0.05) is 38.7 Å². The van der Waals surface area contributed by atoms with Crippen LogP contribution in [0.25, 0.3) is 0 Å². The lowest BCUT2D eigenvalue weighted by Crippen LogP contribution is -1.95. The van der Waals surface area contributed by atoms with E-state index in [1.165, 1.54) is 32.1 Å². The Morgan fingerprint density at radius 2 is 1.82 bits per heavy atom. The molecule has 0 saturated heterocycles. The average Bonchev–Trinajstić information content (AvgIpc) is 2.04. The van der Waals surface area contributed by atoms with Crippen molar-refractivity contribution in [3.8, 4) is 0 Å². The molecule has 1 heteroatoms. The van der Waals surface area contributed by atoms with Gasteiger partial charge in [0, 0.05) is 5.70 Å². The third-order valence-corrected chi connectivity index (χ3v) is 1.94. The number of rotatable bonds is 6. The van der Waals surface area contributed by atoms with Crippen LogP contribution in [0.2, 0.25) is 0 Å². The molecular formula is C10H21N. The molecule has 0 saturated carbocycles. The second-order valence-corrected chi connectivity index (χ2v) is 3.03. The Balaban J connectivity index is 3.02. The SMILES string of the molecule is CC=C(N)CCCCCCC. The highest BCUT2D eigenvalue weighted by molar-refractivity contribution is 4.92. The third-order valence-electron chi connectivity index (χ3n) is 1.94. The second-order valence-electron chi connectivity index (χ2n) is 3.03. The van der Waals surface area contributed by atoms with Crippen molar-refractivity contribution in [3.63, 3.8) is 0 Å². The summed E-state index contributed by atoms with van der Waals surface area (Å²) >= 11 is 0. The fourth-order valence-electron chi connectivity index (χ4n) is 1.08. The van der Waals surface area contributed by atoms with Gasteiger partial charge < -0.3 is 5.73 Å². The van der Waals surface area contributed by atoms with Crippen LogP contribution in [0.3, 0.4) is 0 Å². The van der Waals surface area contributed by atoms with Crippen molar-refractivity contribution in [2.24, 2.45) is 5.73 Å². The van der Waals surface area contributed by atoms with E-state index in [4.69, 9.17) is 5.73 Å². The Labute approximate surface area is 70.7 Å². The zero-order chi connectivity index (χ0) is 8.53. The van der Waals surface area contributed by atoms with E-state index in [9.17, 15) is 0 Å². The Kier molecular flexibility index (Phi) is 7.33. The second kappa shape index (κ2) is 7.64. The number of allylic oxidation sites excluding steroid dienone is 2. The molecule has 66 valence electrons. The zero-order valence-electron chi connectivity index (χ0n) is 7.90. The molecule has 0 aromatic heterocycles. The Morgan fingerprint density at radius 3 is 2.36 bits per heavy atom. The Bertz CT molecular complexity index is 105. The minimum absolute atomic E-state index is 1.04. The molecule has 0 aliphatic carbocycles. The normalized spacial score (nSPS) is 12.0. The molecule has 0 radical (unpaired) electrons. The van der Waals surface area contributed by atoms with Gasteiger partial charge in [-0.15, -0.1) is 0 Å². The molecule has 0 aromatic rings. The monoisotopic (exact) mass is 155 g/mol. The van der Waals surface area contributed by atoms with Crippen LogP contribution >= 0.6 is 0 Å². The molecule has 0 aliphatic rings. The van der Waals surface area contributed by atoms with Gasteiger partial charge in [0.2, 0.25) is 0 Å². The van der Waals surface area contributed by atoms with Crippen molar-refractivity contribution < 1.29 is 0 Å². The molecule has 0 aromatic carbocycles. The summed E-state index contributed by atoms with van der Waals surface area (Å²) in [6.07, 6.45) is 9.74. The summed E-state index contributed by atoms with van der Waals surface area (Å²) < 4.78 is 0. The first-order valence-electron chi connectivity index (χ1n) is 4.72. The van der Waals surface area contributed by atoms with Crippen LogP contribution in [0.4, 0.5) is 0 Å². The average molecular weight is 155 g/mol. The predicted molar refractivity (Wildman–Crippen MR) is 51.3 cm³/mol. The van der Waals surface area contributed by atoms with Crippen molar-refractivity contribution in [3.05, 3.63) is 11.8 Å². The molecule has 1 nitrogen and oxygen atoms in total. The fraction of sp³-hybridized carbons (Fsp3) is 0.800. The van der Waals surface area contributed by atoms with E-state index in [2.05, 4.69) is 6.92 Å². The standard InChI is InChI=1S/C10H21N/c1-3-5-6-7-8-9-10(11)4-2/h4H,3,5-9,11H2,1-2H3. The van der Waals surface area contributed by atoms with E-state index in [0.717, 1.165) is 12.1 Å². The Morgan fingerprint density at radius 1 is 1.18 bits per heavy atom. The summed E-state index contributed by atoms with van der Waals surface area (Å²) in [5.74, 6) is 0. The van der Waals surface area contributed by atoms with Gasteiger partial charge >= 0.3 is 0 Å². The van der Waals surface area contributed by atoms with Gasteiger partial charge in [0.25, 0.3) is 0 Å². The third kappa shape index (κ3) is 7.44. The van der Waals surface area contributed by atoms with E-state index >= 15 is 0 Å². The molecule has 0 aliphatic heterocycles. The number of unbranched alkanes of at least 4 members (excludes halogenated alkanes) is 4. The van der Waals surface area contributed by atoms with Gasteiger partial charge in [-0.25, -0.2) is 0 Å². The molecular weight excluding hydrogens is 134 g/mol. The van der Waals surface area contributed by atoms with E-state index in [1.54, 1.807) is 0 Å². The number of nitrogens with two attached hydrogens (primary N) is 1. The summed E-state index contributed by atoms with van der Waals surface area (Å²) in [4.78, 5) is 0. The van der Waals surface area contributed by atoms with Crippen LogP contribution in [-0.4, -0.2) is 0 Å². The van der Waals surface area contributed by atoms with Crippen LogP contribution in [0.15, 0.2) is 11.8 Å². The van der Waals surface area contributed by atoms with Crippen LogP contribution in [-0.2, 0) is 0 Å². The highest BCUT2D eigenvalue weighted by atomic mass is 14.6. The predicted octanol–water partition coefficient (Wildman–Crippen LogP) is 3.21. The van der Waals surface area contributed by atoms with Crippen molar-refractivity contribution >= 4 is 0 Å². The van der Waals surface area contributed by atoms with Crippen LogP contribution in [0.1, 0.15) is 52.4 Å². The van der Waals surface area contributed by atoms with Gasteiger partial charge in [-0.3, -0.25) is 0 Å². The minimum Gasteiger partial charge on any atom is -0.402 e. The minimum atomic E-state index is 1.04. The van der Waals surface area contributed by atoms with Gasteiger partial charge in [0.1, 0.15) is 0 Å². The first-order valence-corrected chi connectivity index (χ1v) is 4.72. The van der Waals surface area contributed by atoms with Gasteiger partial charge in [-0.05, 0) is 19.8 Å². The lowest BCUT2D eigenvalue weighted by Gasteiger charge is -1.99. The fourth-order valence-corrected chi connectivity index (χ4v) is 1.08. The van der Waals surface area contributed by atoms with Crippen LogP contribution in [0.5, 0.6) is 0 Å². The van der Waals surface area contributed by atoms with Crippen LogP contribution in [0, 0.1) is 0 Å². The first kappa shape index (κ1) is 10.5. The quantitative estimate of drug-likeness (QED) is 0.586. The number of hydrogen-bond acceptors (Lipinski definition) is 1. The maximum atomic E-state index is 5.65. The molecule has 0 unspecified atom stereocenters. The molecule has 0 rings (SSSR count). The molecule has 0 spiro atoms. The highest BCUT2D eigenvalue weighted by Gasteiger charge is 1.90. The first-order chi connectivity index (χ1) is 5.31. The lowest BCUT2D eigenvalue weighted by molar-refractivity contribution is 0.629. The van der Waals surface area contributed by atoms with Crippen molar-refractivity contribution in [1.82, 2.24) is 0 Å². The molecule has 0 bridgehead atoms. The van der Waals surface area contributed by atoms with E-state index < -0.39 is 0 Å². The summed E-state index contributed by atoms with van der Waals surface area (Å²) in [6, 6.07) is 0. The molecule has 0 atom stereocenters. The number of hydrogen-bond donors (Lipinski definition) is 1. The molecule has 2 N–H and O–H groups in total. The van der Waals surface area contributed by atoms with Crippen molar-refractivity contribution in [1.29, 1.82) is 0 Å². The maximum absolute atomic E-state index is 5.65. The maximum Gasteiger partial charge on any atom is 0.00371 e.